The highest BCUT2D eigenvalue weighted by Gasteiger charge is 2.22. The molecular formula is C25H28N4O2. The largest absolute Gasteiger partial charge is 0.494 e. The molecule has 1 aliphatic heterocycles. The van der Waals surface area contributed by atoms with E-state index < -0.39 is 0 Å². The molecule has 0 spiro atoms. The zero-order valence-corrected chi connectivity index (χ0v) is 18.1. The fraction of sp³-hybridized carbons (Fsp3) is 0.320. The van der Waals surface area contributed by atoms with E-state index in [2.05, 4.69) is 28.1 Å². The van der Waals surface area contributed by atoms with Gasteiger partial charge in [-0.25, -0.2) is 0 Å². The van der Waals surface area contributed by atoms with Gasteiger partial charge in [-0.3, -0.25) is 4.79 Å². The maximum absolute atomic E-state index is 12.7. The van der Waals surface area contributed by atoms with Crippen molar-refractivity contribution < 1.29 is 9.53 Å². The first-order chi connectivity index (χ1) is 15.1. The zero-order chi connectivity index (χ0) is 21.6. The highest BCUT2D eigenvalue weighted by molar-refractivity contribution is 5.79. The van der Waals surface area contributed by atoms with Crippen LogP contribution >= 0.6 is 0 Å². The molecule has 0 atom stereocenters. The molecule has 0 radical (unpaired) electrons. The fourth-order valence-electron chi connectivity index (χ4n) is 3.80. The van der Waals surface area contributed by atoms with Crippen molar-refractivity contribution in [2.45, 2.75) is 20.3 Å². The molecule has 0 saturated carbocycles. The van der Waals surface area contributed by atoms with Gasteiger partial charge in [0.1, 0.15) is 5.75 Å². The van der Waals surface area contributed by atoms with Crippen molar-refractivity contribution >= 4 is 11.7 Å². The molecule has 4 rings (SSSR count). The number of aromatic nitrogens is 2. The van der Waals surface area contributed by atoms with E-state index >= 15 is 0 Å². The highest BCUT2D eigenvalue weighted by Crippen LogP contribution is 2.22. The van der Waals surface area contributed by atoms with E-state index in [-0.39, 0.29) is 5.91 Å². The Hall–Kier alpha value is -3.41. The number of rotatable bonds is 6. The lowest BCUT2D eigenvalue weighted by Gasteiger charge is -2.35. The van der Waals surface area contributed by atoms with Gasteiger partial charge in [0.2, 0.25) is 5.91 Å². The fourth-order valence-corrected chi connectivity index (χ4v) is 3.80. The number of anilines is 1. The Kier molecular flexibility index (Phi) is 6.46. The molecular weight excluding hydrogens is 388 g/mol. The van der Waals surface area contributed by atoms with E-state index in [1.54, 1.807) is 0 Å². The molecule has 2 aromatic carbocycles. The topological polar surface area (TPSA) is 58.6 Å². The van der Waals surface area contributed by atoms with Crippen LogP contribution in [0.4, 0.5) is 5.82 Å². The van der Waals surface area contributed by atoms with E-state index in [4.69, 9.17) is 4.74 Å². The SMILES string of the molecule is CCOc1ccc(-c2ccc(N3CCN(C(=O)Cc4ccccc4C)CC3)nn2)cc1. The lowest BCUT2D eigenvalue weighted by atomic mass is 10.1. The Morgan fingerprint density at radius 1 is 0.935 bits per heavy atom. The zero-order valence-electron chi connectivity index (χ0n) is 18.1. The molecule has 2 heterocycles. The number of hydrogen-bond acceptors (Lipinski definition) is 5. The van der Waals surface area contributed by atoms with E-state index in [1.165, 1.54) is 0 Å². The minimum absolute atomic E-state index is 0.186. The van der Waals surface area contributed by atoms with E-state index in [1.807, 2.05) is 66.4 Å². The molecule has 1 aromatic heterocycles. The molecule has 0 aliphatic carbocycles. The van der Waals surface area contributed by atoms with Gasteiger partial charge in [-0.05, 0) is 61.4 Å². The van der Waals surface area contributed by atoms with Crippen LogP contribution in [0.1, 0.15) is 18.1 Å². The van der Waals surface area contributed by atoms with E-state index in [9.17, 15) is 4.79 Å². The van der Waals surface area contributed by atoms with Crippen LogP contribution in [0.25, 0.3) is 11.3 Å². The van der Waals surface area contributed by atoms with Crippen LogP contribution < -0.4 is 9.64 Å². The third-order valence-corrected chi connectivity index (χ3v) is 5.67. The first-order valence-corrected chi connectivity index (χ1v) is 10.8. The average molecular weight is 417 g/mol. The summed E-state index contributed by atoms with van der Waals surface area (Å²) in [6, 6.07) is 20.0. The number of amides is 1. The molecule has 0 bridgehead atoms. The number of benzene rings is 2. The summed E-state index contributed by atoms with van der Waals surface area (Å²) in [6.45, 7) is 7.60. The summed E-state index contributed by atoms with van der Waals surface area (Å²) in [5.74, 6) is 1.89. The Bertz CT molecular complexity index is 1010. The average Bonchev–Trinajstić information content (AvgIpc) is 2.81. The van der Waals surface area contributed by atoms with Crippen molar-refractivity contribution in [3.8, 4) is 17.0 Å². The summed E-state index contributed by atoms with van der Waals surface area (Å²) >= 11 is 0. The number of hydrogen-bond donors (Lipinski definition) is 0. The molecule has 1 saturated heterocycles. The van der Waals surface area contributed by atoms with Gasteiger partial charge >= 0.3 is 0 Å². The van der Waals surface area contributed by atoms with E-state index in [0.717, 1.165) is 47.0 Å². The first kappa shape index (κ1) is 20.8. The van der Waals surface area contributed by atoms with Crippen molar-refractivity contribution in [2.75, 3.05) is 37.7 Å². The number of ether oxygens (including phenoxy) is 1. The maximum atomic E-state index is 12.7. The molecule has 1 aliphatic rings. The highest BCUT2D eigenvalue weighted by atomic mass is 16.5. The standard InChI is InChI=1S/C25H28N4O2/c1-3-31-22-10-8-20(9-11-22)23-12-13-24(27-26-23)28-14-16-29(17-15-28)25(30)18-21-7-5-4-6-19(21)2/h4-13H,3,14-18H2,1-2H3. The minimum Gasteiger partial charge on any atom is -0.494 e. The Morgan fingerprint density at radius 2 is 1.68 bits per heavy atom. The van der Waals surface area contributed by atoms with Crippen molar-refractivity contribution in [1.82, 2.24) is 15.1 Å². The molecule has 160 valence electrons. The summed E-state index contributed by atoms with van der Waals surface area (Å²) in [4.78, 5) is 16.8. The second-order valence-corrected chi connectivity index (χ2v) is 7.71. The molecule has 3 aromatic rings. The van der Waals surface area contributed by atoms with Gasteiger partial charge < -0.3 is 14.5 Å². The van der Waals surface area contributed by atoms with E-state index in [0.29, 0.717) is 26.1 Å². The van der Waals surface area contributed by atoms with Crippen molar-refractivity contribution in [2.24, 2.45) is 0 Å². The number of aryl methyl sites for hydroxylation is 1. The molecule has 6 nitrogen and oxygen atoms in total. The van der Waals surface area contributed by atoms with Crippen LogP contribution in [0.3, 0.4) is 0 Å². The number of nitrogens with zero attached hydrogens (tertiary/aromatic N) is 4. The summed E-state index contributed by atoms with van der Waals surface area (Å²) in [5.41, 5.74) is 4.11. The van der Waals surface area contributed by atoms with Gasteiger partial charge in [0.15, 0.2) is 5.82 Å². The lowest BCUT2D eigenvalue weighted by molar-refractivity contribution is -0.130. The second-order valence-electron chi connectivity index (χ2n) is 7.71. The Balaban J connectivity index is 1.33. The number of carbonyl (C=O) groups excluding carboxylic acids is 1. The third kappa shape index (κ3) is 5.02. The Labute approximate surface area is 183 Å². The smallest absolute Gasteiger partial charge is 0.227 e. The quantitative estimate of drug-likeness (QED) is 0.613. The molecule has 6 heteroatoms. The van der Waals surface area contributed by atoms with Gasteiger partial charge in [-0.1, -0.05) is 24.3 Å². The normalized spacial score (nSPS) is 13.9. The summed E-state index contributed by atoms with van der Waals surface area (Å²) in [5, 5.41) is 8.83. The third-order valence-electron chi connectivity index (χ3n) is 5.67. The van der Waals surface area contributed by atoms with Gasteiger partial charge in [0, 0.05) is 31.7 Å². The lowest BCUT2D eigenvalue weighted by Crippen LogP contribution is -2.49. The van der Waals surface area contributed by atoms with Gasteiger partial charge in [-0.15, -0.1) is 10.2 Å². The molecule has 1 amide bonds. The second kappa shape index (κ2) is 9.60. The van der Waals surface area contributed by atoms with Gasteiger partial charge in [0.25, 0.3) is 0 Å². The molecule has 31 heavy (non-hydrogen) atoms. The summed E-state index contributed by atoms with van der Waals surface area (Å²) < 4.78 is 5.49. The van der Waals surface area contributed by atoms with Gasteiger partial charge in [-0.2, -0.15) is 0 Å². The number of piperazine rings is 1. The summed E-state index contributed by atoms with van der Waals surface area (Å²) in [6.07, 6.45) is 0.462. The van der Waals surface area contributed by atoms with Gasteiger partial charge in [0.05, 0.1) is 18.7 Å². The monoisotopic (exact) mass is 416 g/mol. The van der Waals surface area contributed by atoms with Crippen LogP contribution in [0.15, 0.2) is 60.7 Å². The predicted molar refractivity (Wildman–Crippen MR) is 122 cm³/mol. The van der Waals surface area contributed by atoms with Crippen LogP contribution in [0.2, 0.25) is 0 Å². The van der Waals surface area contributed by atoms with Crippen LogP contribution in [-0.4, -0.2) is 53.8 Å². The van der Waals surface area contributed by atoms with Crippen LogP contribution in [-0.2, 0) is 11.2 Å². The molecule has 0 N–H and O–H groups in total. The molecule has 0 unspecified atom stereocenters. The van der Waals surface area contributed by atoms with Crippen molar-refractivity contribution in [3.63, 3.8) is 0 Å². The van der Waals surface area contributed by atoms with Crippen molar-refractivity contribution in [1.29, 1.82) is 0 Å². The minimum atomic E-state index is 0.186. The van der Waals surface area contributed by atoms with Crippen molar-refractivity contribution in [3.05, 3.63) is 71.8 Å². The van der Waals surface area contributed by atoms with Crippen LogP contribution in [0.5, 0.6) is 5.75 Å². The first-order valence-electron chi connectivity index (χ1n) is 10.8. The van der Waals surface area contributed by atoms with Crippen LogP contribution in [0, 0.1) is 6.92 Å². The predicted octanol–water partition coefficient (Wildman–Crippen LogP) is 3.74. The Morgan fingerprint density at radius 3 is 2.32 bits per heavy atom. The number of carbonyl (C=O) groups is 1. The molecule has 1 fully saturated rings. The maximum Gasteiger partial charge on any atom is 0.227 e. The summed E-state index contributed by atoms with van der Waals surface area (Å²) in [7, 11) is 0.